The summed E-state index contributed by atoms with van der Waals surface area (Å²) in [5, 5.41) is 9.82. The van der Waals surface area contributed by atoms with Crippen LogP contribution in [0.25, 0.3) is 6.08 Å². The molecular weight excluding hydrogens is 274 g/mol. The third-order valence-corrected chi connectivity index (χ3v) is 3.57. The van der Waals surface area contributed by atoms with E-state index in [0.29, 0.717) is 18.1 Å². The molecule has 1 amide bonds. The number of halogens is 1. The van der Waals surface area contributed by atoms with Crippen LogP contribution in [0.5, 0.6) is 0 Å². The van der Waals surface area contributed by atoms with Crippen LogP contribution in [0.2, 0.25) is 5.02 Å². The number of carbonyl (C=O) groups excluding carboxylic acids is 1. The summed E-state index contributed by atoms with van der Waals surface area (Å²) in [5.41, 5.74) is 0.963. The van der Waals surface area contributed by atoms with Crippen LogP contribution < -0.4 is 0 Å². The van der Waals surface area contributed by atoms with E-state index in [1.54, 1.807) is 35.2 Å². The van der Waals surface area contributed by atoms with Crippen LogP contribution in [0.4, 0.5) is 0 Å². The first-order valence-electron chi connectivity index (χ1n) is 6.45. The molecule has 0 bridgehead atoms. The Labute approximate surface area is 123 Å². The van der Waals surface area contributed by atoms with E-state index < -0.39 is 0 Å². The third kappa shape index (κ3) is 3.60. The largest absolute Gasteiger partial charge is 0.335 e. The van der Waals surface area contributed by atoms with Crippen molar-refractivity contribution in [1.82, 2.24) is 9.80 Å². The van der Waals surface area contributed by atoms with Gasteiger partial charge in [0.05, 0.1) is 0 Å². The van der Waals surface area contributed by atoms with E-state index in [9.17, 15) is 10.1 Å². The smallest absolute Gasteiger partial charge is 0.264 e. The molecular formula is C15H16ClN3O. The van der Waals surface area contributed by atoms with Crippen LogP contribution in [0.3, 0.4) is 0 Å². The maximum absolute atomic E-state index is 12.3. The number of amides is 1. The standard InChI is InChI=1S/C15H16ClN3O/c1-18-6-8-19(9-7-18)15(20)13(11-17)10-12-2-4-14(16)5-3-12/h2-5,10H,6-9H2,1H3/b13-10+. The highest BCUT2D eigenvalue weighted by atomic mass is 35.5. The second-order valence-corrected chi connectivity index (χ2v) is 5.25. The van der Waals surface area contributed by atoms with E-state index in [1.165, 1.54) is 0 Å². The number of nitriles is 1. The van der Waals surface area contributed by atoms with Gasteiger partial charge in [-0.25, -0.2) is 0 Å². The second-order valence-electron chi connectivity index (χ2n) is 4.82. The maximum Gasteiger partial charge on any atom is 0.264 e. The molecule has 4 nitrogen and oxygen atoms in total. The number of rotatable bonds is 2. The first kappa shape index (κ1) is 14.6. The molecule has 1 heterocycles. The van der Waals surface area contributed by atoms with Crippen LogP contribution in [0.1, 0.15) is 5.56 Å². The fraction of sp³-hybridized carbons (Fsp3) is 0.333. The van der Waals surface area contributed by atoms with E-state index in [4.69, 9.17) is 11.6 Å². The monoisotopic (exact) mass is 289 g/mol. The summed E-state index contributed by atoms with van der Waals surface area (Å²) in [4.78, 5) is 16.2. The van der Waals surface area contributed by atoms with Crippen LogP contribution >= 0.6 is 11.6 Å². The Hall–Kier alpha value is -1.83. The summed E-state index contributed by atoms with van der Waals surface area (Å²) in [6, 6.07) is 9.05. The zero-order valence-corrected chi connectivity index (χ0v) is 12.1. The first-order valence-corrected chi connectivity index (χ1v) is 6.83. The molecule has 0 spiro atoms. The molecule has 0 aliphatic carbocycles. The first-order chi connectivity index (χ1) is 9.60. The average molecular weight is 290 g/mol. The number of hydrogen-bond acceptors (Lipinski definition) is 3. The molecule has 0 atom stereocenters. The summed E-state index contributed by atoms with van der Waals surface area (Å²) >= 11 is 5.81. The molecule has 1 aliphatic rings. The SMILES string of the molecule is CN1CCN(C(=O)/C(C#N)=C/c2ccc(Cl)cc2)CC1. The van der Waals surface area contributed by atoms with Crippen molar-refractivity contribution < 1.29 is 4.79 Å². The van der Waals surface area contributed by atoms with Gasteiger partial charge in [-0.15, -0.1) is 0 Å². The predicted molar refractivity (Wildman–Crippen MR) is 79.1 cm³/mol. The van der Waals surface area contributed by atoms with Crippen molar-refractivity contribution in [2.45, 2.75) is 0 Å². The van der Waals surface area contributed by atoms with Crippen LogP contribution in [-0.2, 0) is 4.79 Å². The predicted octanol–water partition coefficient (Wildman–Crippen LogP) is 2.02. The lowest BCUT2D eigenvalue weighted by atomic mass is 10.1. The molecule has 1 saturated heterocycles. The van der Waals surface area contributed by atoms with Gasteiger partial charge in [-0.05, 0) is 30.8 Å². The molecule has 0 saturated carbocycles. The summed E-state index contributed by atoms with van der Waals surface area (Å²) in [6.45, 7) is 3.00. The molecule has 1 aromatic rings. The third-order valence-electron chi connectivity index (χ3n) is 3.32. The van der Waals surface area contributed by atoms with Crippen molar-refractivity contribution in [3.63, 3.8) is 0 Å². The van der Waals surface area contributed by atoms with Crippen molar-refractivity contribution in [2.75, 3.05) is 33.2 Å². The minimum absolute atomic E-state index is 0.164. The normalized spacial score (nSPS) is 16.9. The van der Waals surface area contributed by atoms with E-state index in [-0.39, 0.29) is 11.5 Å². The molecule has 0 aromatic heterocycles. The average Bonchev–Trinajstić information content (AvgIpc) is 2.47. The van der Waals surface area contributed by atoms with Crippen molar-refractivity contribution in [3.05, 3.63) is 40.4 Å². The Bertz CT molecular complexity index is 551. The summed E-state index contributed by atoms with van der Waals surface area (Å²) in [7, 11) is 2.02. The van der Waals surface area contributed by atoms with Crippen LogP contribution in [0.15, 0.2) is 29.8 Å². The van der Waals surface area contributed by atoms with Crippen LogP contribution in [0, 0.1) is 11.3 Å². The number of hydrogen-bond donors (Lipinski definition) is 0. The lowest BCUT2D eigenvalue weighted by Crippen LogP contribution is -2.47. The number of carbonyl (C=O) groups is 1. The Morgan fingerprint density at radius 1 is 1.25 bits per heavy atom. The van der Waals surface area contributed by atoms with E-state index in [0.717, 1.165) is 18.7 Å². The zero-order valence-electron chi connectivity index (χ0n) is 11.3. The van der Waals surface area contributed by atoms with Gasteiger partial charge < -0.3 is 9.80 Å². The van der Waals surface area contributed by atoms with E-state index >= 15 is 0 Å². The number of benzene rings is 1. The highest BCUT2D eigenvalue weighted by Gasteiger charge is 2.21. The quantitative estimate of drug-likeness (QED) is 0.618. The van der Waals surface area contributed by atoms with Gasteiger partial charge in [0.1, 0.15) is 11.6 Å². The Kier molecular flexibility index (Phi) is 4.78. The van der Waals surface area contributed by atoms with Gasteiger partial charge in [-0.3, -0.25) is 4.79 Å². The van der Waals surface area contributed by atoms with E-state index in [2.05, 4.69) is 4.90 Å². The van der Waals surface area contributed by atoms with Crippen molar-refractivity contribution in [3.8, 4) is 6.07 Å². The number of piperazine rings is 1. The fourth-order valence-corrected chi connectivity index (χ4v) is 2.17. The molecule has 0 radical (unpaired) electrons. The Balaban J connectivity index is 2.13. The minimum atomic E-state index is -0.199. The van der Waals surface area contributed by atoms with Crippen molar-refractivity contribution in [2.24, 2.45) is 0 Å². The summed E-state index contributed by atoms with van der Waals surface area (Å²) in [6.07, 6.45) is 1.61. The molecule has 0 unspecified atom stereocenters. The zero-order chi connectivity index (χ0) is 14.5. The van der Waals surface area contributed by atoms with Gasteiger partial charge in [-0.1, -0.05) is 23.7 Å². The summed E-state index contributed by atoms with van der Waals surface area (Å²) in [5.74, 6) is -0.199. The number of likely N-dealkylation sites (N-methyl/N-ethyl adjacent to an activating group) is 1. The minimum Gasteiger partial charge on any atom is -0.335 e. The van der Waals surface area contributed by atoms with Gasteiger partial charge in [0.15, 0.2) is 0 Å². The highest BCUT2D eigenvalue weighted by molar-refractivity contribution is 6.30. The second kappa shape index (κ2) is 6.56. The van der Waals surface area contributed by atoms with Gasteiger partial charge in [0.25, 0.3) is 5.91 Å². The lowest BCUT2D eigenvalue weighted by Gasteiger charge is -2.32. The van der Waals surface area contributed by atoms with Gasteiger partial charge in [0.2, 0.25) is 0 Å². The van der Waals surface area contributed by atoms with Crippen molar-refractivity contribution in [1.29, 1.82) is 5.26 Å². The Morgan fingerprint density at radius 2 is 1.85 bits per heavy atom. The molecule has 20 heavy (non-hydrogen) atoms. The Morgan fingerprint density at radius 3 is 2.40 bits per heavy atom. The molecule has 5 heteroatoms. The lowest BCUT2D eigenvalue weighted by molar-refractivity contribution is -0.128. The van der Waals surface area contributed by atoms with E-state index in [1.807, 2.05) is 13.1 Å². The summed E-state index contributed by atoms with van der Waals surface area (Å²) < 4.78 is 0. The molecule has 104 valence electrons. The maximum atomic E-state index is 12.3. The molecule has 1 aliphatic heterocycles. The van der Waals surface area contributed by atoms with Gasteiger partial charge >= 0.3 is 0 Å². The van der Waals surface area contributed by atoms with Gasteiger partial charge in [-0.2, -0.15) is 5.26 Å². The van der Waals surface area contributed by atoms with Crippen LogP contribution in [-0.4, -0.2) is 48.9 Å². The number of nitrogens with zero attached hydrogens (tertiary/aromatic N) is 3. The fourth-order valence-electron chi connectivity index (χ4n) is 2.05. The molecule has 0 N–H and O–H groups in total. The highest BCUT2D eigenvalue weighted by Crippen LogP contribution is 2.14. The molecule has 1 fully saturated rings. The molecule has 2 rings (SSSR count). The van der Waals surface area contributed by atoms with Gasteiger partial charge in [0, 0.05) is 31.2 Å². The topological polar surface area (TPSA) is 47.3 Å². The van der Waals surface area contributed by atoms with Crippen molar-refractivity contribution >= 4 is 23.6 Å². The molecule has 1 aromatic carbocycles.